The number of hydrogen-bond donors (Lipinski definition) is 0. The van der Waals surface area contributed by atoms with Gasteiger partial charge in [0.05, 0.1) is 12.7 Å². The van der Waals surface area contributed by atoms with Gasteiger partial charge in [0.1, 0.15) is 6.61 Å². The van der Waals surface area contributed by atoms with Crippen molar-refractivity contribution in [2.24, 2.45) is 5.41 Å². The van der Waals surface area contributed by atoms with Gasteiger partial charge in [-0.15, -0.1) is 0 Å². The van der Waals surface area contributed by atoms with Gasteiger partial charge >= 0.3 is 0 Å². The predicted octanol–water partition coefficient (Wildman–Crippen LogP) is 4.62. The van der Waals surface area contributed by atoms with Crippen LogP contribution in [0.5, 0.6) is 11.5 Å². The lowest BCUT2D eigenvalue weighted by atomic mass is 9.74. The Hall–Kier alpha value is -2.88. The van der Waals surface area contributed by atoms with Gasteiger partial charge in [-0.05, 0) is 34.8 Å². The molecule has 0 aromatic heterocycles. The first-order valence-electron chi connectivity index (χ1n) is 9.01. The molecule has 0 bridgehead atoms. The molecule has 2 aromatic carbocycles. The molecule has 0 unspecified atom stereocenters. The Bertz CT molecular complexity index is 857. The number of ketones is 2. The highest BCUT2D eigenvalue weighted by Crippen LogP contribution is 2.35. The van der Waals surface area contributed by atoms with Crippen molar-refractivity contribution in [1.29, 1.82) is 0 Å². The lowest BCUT2D eigenvalue weighted by Crippen LogP contribution is -2.31. The summed E-state index contributed by atoms with van der Waals surface area (Å²) in [5, 5.41) is 0. The Morgan fingerprint density at radius 3 is 2.26 bits per heavy atom. The molecule has 1 aliphatic carbocycles. The average Bonchev–Trinajstić information content (AvgIpc) is 2.63. The third-order valence-corrected chi connectivity index (χ3v) is 4.61. The SMILES string of the molecule is COc1ccc(C=C2C(=O)CC(C)(C)CC2=O)cc1OCc1ccccc1. The van der Waals surface area contributed by atoms with Crippen molar-refractivity contribution in [1.82, 2.24) is 0 Å². The maximum Gasteiger partial charge on any atom is 0.167 e. The molecule has 0 amide bonds. The molecule has 4 nitrogen and oxygen atoms in total. The minimum atomic E-state index is -0.268. The molecule has 1 aliphatic rings. The monoisotopic (exact) mass is 364 g/mol. The molecule has 140 valence electrons. The number of benzene rings is 2. The number of rotatable bonds is 5. The van der Waals surface area contributed by atoms with Crippen LogP contribution in [-0.4, -0.2) is 18.7 Å². The van der Waals surface area contributed by atoms with E-state index >= 15 is 0 Å². The Labute approximate surface area is 159 Å². The zero-order valence-corrected chi connectivity index (χ0v) is 16.0. The van der Waals surface area contributed by atoms with Crippen molar-refractivity contribution in [2.75, 3.05) is 7.11 Å². The topological polar surface area (TPSA) is 52.6 Å². The average molecular weight is 364 g/mol. The van der Waals surface area contributed by atoms with Crippen molar-refractivity contribution in [2.45, 2.75) is 33.3 Å². The molecular weight excluding hydrogens is 340 g/mol. The molecule has 0 N–H and O–H groups in total. The van der Waals surface area contributed by atoms with Crippen molar-refractivity contribution >= 4 is 17.6 Å². The van der Waals surface area contributed by atoms with E-state index in [9.17, 15) is 9.59 Å². The summed E-state index contributed by atoms with van der Waals surface area (Å²) in [7, 11) is 1.58. The Balaban J connectivity index is 1.84. The minimum Gasteiger partial charge on any atom is -0.493 e. The summed E-state index contributed by atoms with van der Waals surface area (Å²) < 4.78 is 11.3. The van der Waals surface area contributed by atoms with Crippen LogP contribution < -0.4 is 9.47 Å². The molecule has 1 saturated carbocycles. The second-order valence-electron chi connectivity index (χ2n) is 7.61. The van der Waals surface area contributed by atoms with Crippen molar-refractivity contribution in [3.8, 4) is 11.5 Å². The fourth-order valence-corrected chi connectivity index (χ4v) is 3.24. The second-order valence-corrected chi connectivity index (χ2v) is 7.61. The molecule has 1 fully saturated rings. The van der Waals surface area contributed by atoms with Crippen molar-refractivity contribution < 1.29 is 19.1 Å². The summed E-state index contributed by atoms with van der Waals surface area (Å²) in [5.41, 5.74) is 1.79. The summed E-state index contributed by atoms with van der Waals surface area (Å²) in [6.07, 6.45) is 2.44. The van der Waals surface area contributed by atoms with E-state index in [1.54, 1.807) is 25.3 Å². The number of carbonyl (C=O) groups excluding carboxylic acids is 2. The fourth-order valence-electron chi connectivity index (χ4n) is 3.24. The molecule has 0 saturated heterocycles. The molecule has 0 aliphatic heterocycles. The highest BCUT2D eigenvalue weighted by Gasteiger charge is 2.35. The molecule has 27 heavy (non-hydrogen) atoms. The molecule has 0 radical (unpaired) electrons. The van der Waals surface area contributed by atoms with Crippen LogP contribution in [0.4, 0.5) is 0 Å². The third kappa shape index (κ3) is 4.64. The zero-order chi connectivity index (χ0) is 19.4. The maximum absolute atomic E-state index is 12.4. The van der Waals surface area contributed by atoms with E-state index in [1.807, 2.05) is 50.2 Å². The van der Waals surface area contributed by atoms with Crippen LogP contribution >= 0.6 is 0 Å². The summed E-state index contributed by atoms with van der Waals surface area (Å²) >= 11 is 0. The van der Waals surface area contributed by atoms with E-state index in [0.29, 0.717) is 30.9 Å². The normalized spacial score (nSPS) is 16.2. The molecule has 3 rings (SSSR count). The Morgan fingerprint density at radius 2 is 1.63 bits per heavy atom. The zero-order valence-electron chi connectivity index (χ0n) is 16.0. The van der Waals surface area contributed by atoms with E-state index in [1.165, 1.54) is 0 Å². The highest BCUT2D eigenvalue weighted by molar-refractivity contribution is 6.25. The summed E-state index contributed by atoms with van der Waals surface area (Å²) in [6.45, 7) is 4.30. The fraction of sp³-hybridized carbons (Fsp3) is 0.304. The van der Waals surface area contributed by atoms with Gasteiger partial charge in [0.25, 0.3) is 0 Å². The number of allylic oxidation sites excluding steroid dienone is 1. The van der Waals surface area contributed by atoms with Gasteiger partial charge in [-0.1, -0.05) is 50.2 Å². The van der Waals surface area contributed by atoms with Gasteiger partial charge in [0.2, 0.25) is 0 Å². The van der Waals surface area contributed by atoms with E-state index < -0.39 is 0 Å². The third-order valence-electron chi connectivity index (χ3n) is 4.61. The highest BCUT2D eigenvalue weighted by atomic mass is 16.5. The first kappa shape index (κ1) is 18.9. The van der Waals surface area contributed by atoms with Gasteiger partial charge in [-0.2, -0.15) is 0 Å². The van der Waals surface area contributed by atoms with Gasteiger partial charge in [-0.3, -0.25) is 9.59 Å². The second kappa shape index (κ2) is 7.78. The molecule has 2 aromatic rings. The first-order valence-corrected chi connectivity index (χ1v) is 9.01. The first-order chi connectivity index (χ1) is 12.9. The van der Waals surface area contributed by atoms with E-state index in [0.717, 1.165) is 11.1 Å². The lowest BCUT2D eigenvalue weighted by molar-refractivity contribution is -0.127. The van der Waals surface area contributed by atoms with Crippen LogP contribution in [0.15, 0.2) is 54.1 Å². The number of methoxy groups -OCH3 is 1. The number of hydrogen-bond acceptors (Lipinski definition) is 4. The predicted molar refractivity (Wildman–Crippen MR) is 105 cm³/mol. The van der Waals surface area contributed by atoms with Crippen molar-refractivity contribution in [3.05, 3.63) is 65.2 Å². The molecule has 0 spiro atoms. The van der Waals surface area contributed by atoms with Crippen molar-refractivity contribution in [3.63, 3.8) is 0 Å². The standard InChI is InChI=1S/C23H24O4/c1-23(2)13-19(24)18(20(25)14-23)11-17-9-10-21(26-3)22(12-17)27-15-16-7-5-4-6-8-16/h4-12H,13-15H2,1-3H3. The molecule has 0 heterocycles. The van der Waals surface area contributed by atoms with Crippen LogP contribution in [-0.2, 0) is 16.2 Å². The van der Waals surface area contributed by atoms with Crippen LogP contribution in [0.1, 0.15) is 37.8 Å². The molecule has 4 heteroatoms. The van der Waals surface area contributed by atoms with Gasteiger partial charge in [0, 0.05) is 12.8 Å². The number of carbonyl (C=O) groups is 2. The van der Waals surface area contributed by atoms with Gasteiger partial charge < -0.3 is 9.47 Å². The van der Waals surface area contributed by atoms with E-state index in [4.69, 9.17) is 9.47 Å². The smallest absolute Gasteiger partial charge is 0.167 e. The van der Waals surface area contributed by atoms with E-state index in [2.05, 4.69) is 0 Å². The summed E-state index contributed by atoms with van der Waals surface area (Å²) in [5.74, 6) is 0.986. The summed E-state index contributed by atoms with van der Waals surface area (Å²) in [6, 6.07) is 15.2. The largest absolute Gasteiger partial charge is 0.493 e. The van der Waals surface area contributed by atoms with E-state index in [-0.39, 0.29) is 22.6 Å². The quantitative estimate of drug-likeness (QED) is 0.574. The minimum absolute atomic E-state index is 0.0983. The van der Waals surface area contributed by atoms with Gasteiger partial charge in [-0.25, -0.2) is 0 Å². The maximum atomic E-state index is 12.4. The van der Waals surface area contributed by atoms with Crippen LogP contribution in [0.2, 0.25) is 0 Å². The molecular formula is C23H24O4. The lowest BCUT2D eigenvalue weighted by Gasteiger charge is -2.28. The number of ether oxygens (including phenoxy) is 2. The summed E-state index contributed by atoms with van der Waals surface area (Å²) in [4.78, 5) is 24.8. The Morgan fingerprint density at radius 1 is 0.963 bits per heavy atom. The Kier molecular flexibility index (Phi) is 5.45. The van der Waals surface area contributed by atoms with Gasteiger partial charge in [0.15, 0.2) is 23.1 Å². The number of Topliss-reactive ketones (excluding diaryl/α,β-unsaturated/α-hetero) is 2. The molecule has 0 atom stereocenters. The van der Waals surface area contributed by atoms with Crippen LogP contribution in [0, 0.1) is 5.41 Å². The van der Waals surface area contributed by atoms with Crippen LogP contribution in [0.3, 0.4) is 0 Å². The van der Waals surface area contributed by atoms with Crippen LogP contribution in [0.25, 0.3) is 6.08 Å².